The van der Waals surface area contributed by atoms with Gasteiger partial charge in [0.25, 0.3) is 17.5 Å². The van der Waals surface area contributed by atoms with Gasteiger partial charge in [0.1, 0.15) is 11.6 Å². The van der Waals surface area contributed by atoms with E-state index in [0.29, 0.717) is 29.4 Å². The molecule has 0 atom stereocenters. The van der Waals surface area contributed by atoms with E-state index in [1.54, 1.807) is 25.1 Å². The number of benzene rings is 3. The van der Waals surface area contributed by atoms with E-state index in [2.05, 4.69) is 10.6 Å². The first-order valence-corrected chi connectivity index (χ1v) is 11.6. The van der Waals surface area contributed by atoms with Crippen LogP contribution < -0.4 is 20.1 Å². The third-order valence-electron chi connectivity index (χ3n) is 5.27. The number of nitro groups is 1. The van der Waals surface area contributed by atoms with Crippen molar-refractivity contribution in [2.24, 2.45) is 0 Å². The molecule has 0 spiro atoms. The maximum Gasteiger partial charge on any atom is 0.271 e. The SMILES string of the molecule is CCOc1cc(/C=C(/C#N)C(=O)Nc2cccc([N+](=O)[O-])c2)ccc1OCC(=O)Nc1ccc(C)cc1C. The average molecular weight is 515 g/mol. The number of nitriles is 1. The molecule has 3 rings (SSSR count). The van der Waals surface area contributed by atoms with Gasteiger partial charge in [-0.15, -0.1) is 0 Å². The predicted molar refractivity (Wildman–Crippen MR) is 143 cm³/mol. The maximum absolute atomic E-state index is 12.6. The summed E-state index contributed by atoms with van der Waals surface area (Å²) in [6.07, 6.45) is 1.35. The number of non-ortho nitro benzene ring substituents is 1. The number of rotatable bonds is 10. The summed E-state index contributed by atoms with van der Waals surface area (Å²) in [5.41, 5.74) is 2.97. The summed E-state index contributed by atoms with van der Waals surface area (Å²) in [6, 6.07) is 17.7. The quantitative estimate of drug-likeness (QED) is 0.164. The van der Waals surface area contributed by atoms with Gasteiger partial charge in [-0.05, 0) is 62.2 Å². The highest BCUT2D eigenvalue weighted by Gasteiger charge is 2.14. The zero-order chi connectivity index (χ0) is 27.7. The fourth-order valence-electron chi connectivity index (χ4n) is 3.50. The van der Waals surface area contributed by atoms with Crippen molar-refractivity contribution in [1.29, 1.82) is 5.26 Å². The van der Waals surface area contributed by atoms with E-state index in [1.165, 1.54) is 30.3 Å². The number of hydrogen-bond acceptors (Lipinski definition) is 7. The lowest BCUT2D eigenvalue weighted by Crippen LogP contribution is -2.21. The molecule has 0 saturated heterocycles. The zero-order valence-corrected chi connectivity index (χ0v) is 21.1. The van der Waals surface area contributed by atoms with E-state index in [-0.39, 0.29) is 29.5 Å². The largest absolute Gasteiger partial charge is 0.490 e. The number of nitrogens with zero attached hydrogens (tertiary/aromatic N) is 2. The molecule has 0 fully saturated rings. The second-order valence-electron chi connectivity index (χ2n) is 8.23. The molecular weight excluding hydrogens is 488 g/mol. The van der Waals surface area contributed by atoms with E-state index in [1.807, 2.05) is 38.1 Å². The van der Waals surface area contributed by atoms with Crippen molar-refractivity contribution in [1.82, 2.24) is 0 Å². The molecular formula is C28H26N4O6. The minimum atomic E-state index is -0.727. The molecule has 0 bridgehead atoms. The molecule has 38 heavy (non-hydrogen) atoms. The van der Waals surface area contributed by atoms with Crippen LogP contribution in [0.15, 0.2) is 66.2 Å². The molecule has 10 heteroatoms. The van der Waals surface area contributed by atoms with Crippen LogP contribution in [0.3, 0.4) is 0 Å². The second-order valence-corrected chi connectivity index (χ2v) is 8.23. The summed E-state index contributed by atoms with van der Waals surface area (Å²) in [5, 5.41) is 25.8. The first kappa shape index (κ1) is 27.4. The Bertz CT molecular complexity index is 1440. The summed E-state index contributed by atoms with van der Waals surface area (Å²) in [5.74, 6) is -0.418. The number of nitro benzene ring substituents is 1. The molecule has 0 aliphatic heterocycles. The minimum Gasteiger partial charge on any atom is -0.490 e. The topological polar surface area (TPSA) is 144 Å². The number of carbonyl (C=O) groups is 2. The summed E-state index contributed by atoms with van der Waals surface area (Å²) in [6.45, 7) is 5.72. The Morgan fingerprint density at radius 1 is 1.03 bits per heavy atom. The third kappa shape index (κ3) is 7.41. The highest BCUT2D eigenvalue weighted by Crippen LogP contribution is 2.30. The molecule has 0 aromatic heterocycles. The Kier molecular flexibility index (Phi) is 9.16. The molecule has 10 nitrogen and oxygen atoms in total. The van der Waals surface area contributed by atoms with E-state index >= 15 is 0 Å². The summed E-state index contributed by atoms with van der Waals surface area (Å²) in [4.78, 5) is 35.4. The van der Waals surface area contributed by atoms with Crippen LogP contribution in [0.25, 0.3) is 6.08 Å². The summed E-state index contributed by atoms with van der Waals surface area (Å²) in [7, 11) is 0. The van der Waals surface area contributed by atoms with Crippen molar-refractivity contribution in [3.63, 3.8) is 0 Å². The monoisotopic (exact) mass is 514 g/mol. The first-order chi connectivity index (χ1) is 18.2. The fraction of sp³-hybridized carbons (Fsp3) is 0.179. The molecule has 0 saturated carbocycles. The Morgan fingerprint density at radius 2 is 1.82 bits per heavy atom. The van der Waals surface area contributed by atoms with Gasteiger partial charge in [-0.1, -0.05) is 29.8 Å². The summed E-state index contributed by atoms with van der Waals surface area (Å²) < 4.78 is 11.3. The lowest BCUT2D eigenvalue weighted by molar-refractivity contribution is -0.384. The van der Waals surface area contributed by atoms with Gasteiger partial charge in [0.05, 0.1) is 11.5 Å². The van der Waals surface area contributed by atoms with E-state index < -0.39 is 10.8 Å². The molecule has 0 unspecified atom stereocenters. The van der Waals surface area contributed by atoms with Crippen LogP contribution in [0.4, 0.5) is 17.1 Å². The molecule has 3 aromatic carbocycles. The van der Waals surface area contributed by atoms with Crippen LogP contribution in [0, 0.1) is 35.3 Å². The van der Waals surface area contributed by atoms with Gasteiger partial charge in [0.2, 0.25) is 0 Å². The molecule has 2 N–H and O–H groups in total. The van der Waals surface area contributed by atoms with Crippen molar-refractivity contribution in [3.8, 4) is 17.6 Å². The number of hydrogen-bond donors (Lipinski definition) is 2. The standard InChI is InChI=1S/C28H26N4O6/c1-4-37-26-14-20(13-21(16-29)28(34)30-22-6-5-7-23(15-22)32(35)36)9-11-25(26)38-17-27(33)31-24-10-8-18(2)12-19(24)3/h5-15H,4,17H2,1-3H3,(H,30,34)(H,31,33)/b21-13-. The van der Waals surface area contributed by atoms with Crippen LogP contribution >= 0.6 is 0 Å². The Balaban J connectivity index is 1.72. The molecule has 0 radical (unpaired) electrons. The predicted octanol–water partition coefficient (Wildman–Crippen LogP) is 5.17. The van der Waals surface area contributed by atoms with Gasteiger partial charge < -0.3 is 20.1 Å². The maximum atomic E-state index is 12.6. The normalized spacial score (nSPS) is 10.7. The van der Waals surface area contributed by atoms with E-state index in [4.69, 9.17) is 9.47 Å². The van der Waals surface area contributed by atoms with Crippen molar-refractivity contribution < 1.29 is 24.0 Å². The number of amides is 2. The molecule has 0 heterocycles. The first-order valence-electron chi connectivity index (χ1n) is 11.6. The van der Waals surface area contributed by atoms with Crippen molar-refractivity contribution in [2.75, 3.05) is 23.8 Å². The van der Waals surface area contributed by atoms with Gasteiger partial charge in [-0.25, -0.2) is 0 Å². The smallest absolute Gasteiger partial charge is 0.271 e. The lowest BCUT2D eigenvalue weighted by atomic mass is 10.1. The Hall–Kier alpha value is -5.17. The van der Waals surface area contributed by atoms with Crippen molar-refractivity contribution in [3.05, 3.63) is 93.0 Å². The van der Waals surface area contributed by atoms with Gasteiger partial charge in [-0.2, -0.15) is 5.26 Å². The number of nitrogens with one attached hydrogen (secondary N) is 2. The molecule has 3 aromatic rings. The Labute approximate surface area is 219 Å². The lowest BCUT2D eigenvalue weighted by Gasteiger charge is -2.13. The van der Waals surface area contributed by atoms with Crippen molar-refractivity contribution in [2.45, 2.75) is 20.8 Å². The average Bonchev–Trinajstić information content (AvgIpc) is 2.88. The number of carbonyl (C=O) groups excluding carboxylic acids is 2. The van der Waals surface area contributed by atoms with Crippen LogP contribution in [0.5, 0.6) is 11.5 Å². The van der Waals surface area contributed by atoms with Gasteiger partial charge >= 0.3 is 0 Å². The minimum absolute atomic E-state index is 0.184. The van der Waals surface area contributed by atoms with Gasteiger partial charge in [0.15, 0.2) is 18.1 Å². The number of anilines is 2. The van der Waals surface area contributed by atoms with Crippen LogP contribution in [0.1, 0.15) is 23.6 Å². The molecule has 2 amide bonds. The Morgan fingerprint density at radius 3 is 2.50 bits per heavy atom. The molecule has 0 aliphatic carbocycles. The van der Waals surface area contributed by atoms with E-state index in [0.717, 1.165) is 11.1 Å². The van der Waals surface area contributed by atoms with Crippen molar-refractivity contribution >= 4 is 35.0 Å². The zero-order valence-electron chi connectivity index (χ0n) is 21.1. The van der Waals surface area contributed by atoms with Crippen LogP contribution in [0.2, 0.25) is 0 Å². The highest BCUT2D eigenvalue weighted by molar-refractivity contribution is 6.09. The fourth-order valence-corrected chi connectivity index (χ4v) is 3.50. The van der Waals surface area contributed by atoms with Gasteiger partial charge in [0, 0.05) is 23.5 Å². The second kappa shape index (κ2) is 12.7. The van der Waals surface area contributed by atoms with E-state index in [9.17, 15) is 25.0 Å². The summed E-state index contributed by atoms with van der Waals surface area (Å²) >= 11 is 0. The molecule has 0 aliphatic rings. The molecule has 194 valence electrons. The van der Waals surface area contributed by atoms with Crippen LogP contribution in [-0.4, -0.2) is 30.0 Å². The van der Waals surface area contributed by atoms with Gasteiger partial charge in [-0.3, -0.25) is 19.7 Å². The van der Waals surface area contributed by atoms with Crippen LogP contribution in [-0.2, 0) is 9.59 Å². The number of ether oxygens (including phenoxy) is 2. The highest BCUT2D eigenvalue weighted by atomic mass is 16.6. The third-order valence-corrected chi connectivity index (χ3v) is 5.27. The number of aryl methyl sites for hydroxylation is 2.